The maximum absolute atomic E-state index is 13.1. The van der Waals surface area contributed by atoms with E-state index in [2.05, 4.69) is 4.72 Å². The van der Waals surface area contributed by atoms with E-state index in [0.717, 1.165) is 12.1 Å². The first-order valence-corrected chi connectivity index (χ1v) is 7.28. The standard InChI is InChI=1S/C13H12F2N2O3S/c1-17-21(18,19)13-5-3-9(7-12(13)16)20-8-2-4-10(14)11(15)6-8/h2-7,17H,16H2,1H3. The lowest BCUT2D eigenvalue weighted by Gasteiger charge is -2.10. The number of ether oxygens (including phenoxy) is 1. The van der Waals surface area contributed by atoms with Crippen molar-refractivity contribution in [1.82, 2.24) is 4.72 Å². The van der Waals surface area contributed by atoms with Crippen molar-refractivity contribution in [2.24, 2.45) is 0 Å². The van der Waals surface area contributed by atoms with E-state index in [1.807, 2.05) is 0 Å². The fourth-order valence-electron chi connectivity index (χ4n) is 1.62. The Morgan fingerprint density at radius 1 is 1.05 bits per heavy atom. The molecule has 0 radical (unpaired) electrons. The number of anilines is 1. The van der Waals surface area contributed by atoms with Crippen molar-refractivity contribution in [3.05, 3.63) is 48.0 Å². The van der Waals surface area contributed by atoms with Gasteiger partial charge < -0.3 is 10.5 Å². The molecule has 0 aliphatic rings. The van der Waals surface area contributed by atoms with E-state index in [4.69, 9.17) is 10.5 Å². The van der Waals surface area contributed by atoms with Gasteiger partial charge in [0, 0.05) is 12.1 Å². The van der Waals surface area contributed by atoms with Crippen LogP contribution in [-0.4, -0.2) is 15.5 Å². The minimum absolute atomic E-state index is 0.0237. The molecule has 0 aliphatic heterocycles. The first kappa shape index (κ1) is 15.2. The highest BCUT2D eigenvalue weighted by Crippen LogP contribution is 2.28. The second kappa shape index (κ2) is 5.66. The molecule has 0 unspecified atom stereocenters. The summed E-state index contributed by atoms with van der Waals surface area (Å²) >= 11 is 0. The molecule has 0 aromatic heterocycles. The van der Waals surface area contributed by atoms with Crippen LogP contribution in [0.5, 0.6) is 11.5 Å². The molecule has 0 bridgehead atoms. The number of nitrogen functional groups attached to an aromatic ring is 1. The van der Waals surface area contributed by atoms with E-state index in [9.17, 15) is 17.2 Å². The molecule has 0 fully saturated rings. The Kier molecular flexibility index (Phi) is 4.10. The third-order valence-corrected chi connectivity index (χ3v) is 4.15. The number of benzene rings is 2. The van der Waals surface area contributed by atoms with Gasteiger partial charge in [-0.3, -0.25) is 0 Å². The summed E-state index contributed by atoms with van der Waals surface area (Å²) in [5.74, 6) is -1.77. The summed E-state index contributed by atoms with van der Waals surface area (Å²) in [5.41, 5.74) is 5.63. The van der Waals surface area contributed by atoms with Gasteiger partial charge in [0.05, 0.1) is 5.69 Å². The van der Waals surface area contributed by atoms with Crippen LogP contribution in [0.2, 0.25) is 0 Å². The lowest BCUT2D eigenvalue weighted by atomic mass is 10.3. The zero-order valence-electron chi connectivity index (χ0n) is 10.9. The quantitative estimate of drug-likeness (QED) is 0.848. The van der Waals surface area contributed by atoms with E-state index in [1.165, 1.54) is 31.3 Å². The molecule has 3 N–H and O–H groups in total. The van der Waals surface area contributed by atoms with Crippen molar-refractivity contribution in [1.29, 1.82) is 0 Å². The Hall–Kier alpha value is -2.19. The second-order valence-corrected chi connectivity index (χ2v) is 5.94. The summed E-state index contributed by atoms with van der Waals surface area (Å²) in [5, 5.41) is 0. The lowest BCUT2D eigenvalue weighted by molar-refractivity contribution is 0.461. The fraction of sp³-hybridized carbons (Fsp3) is 0.0769. The maximum Gasteiger partial charge on any atom is 0.242 e. The van der Waals surface area contributed by atoms with Crippen LogP contribution in [0.3, 0.4) is 0 Å². The molecule has 112 valence electrons. The predicted octanol–water partition coefficient (Wildman–Crippen LogP) is 2.25. The third-order valence-electron chi connectivity index (χ3n) is 2.67. The van der Waals surface area contributed by atoms with Crippen molar-refractivity contribution < 1.29 is 21.9 Å². The minimum Gasteiger partial charge on any atom is -0.457 e. The number of nitrogens with two attached hydrogens (primary N) is 1. The van der Waals surface area contributed by atoms with E-state index < -0.39 is 21.7 Å². The minimum atomic E-state index is -3.67. The van der Waals surface area contributed by atoms with Crippen molar-refractivity contribution in [3.63, 3.8) is 0 Å². The molecule has 0 aliphatic carbocycles. The molecule has 0 spiro atoms. The van der Waals surface area contributed by atoms with Crippen LogP contribution in [0.25, 0.3) is 0 Å². The third kappa shape index (κ3) is 3.29. The molecule has 0 amide bonds. The fourth-order valence-corrected chi connectivity index (χ4v) is 2.46. The molecule has 21 heavy (non-hydrogen) atoms. The summed E-state index contributed by atoms with van der Waals surface area (Å²) < 4.78 is 56.6. The summed E-state index contributed by atoms with van der Waals surface area (Å²) in [6.07, 6.45) is 0. The molecule has 0 saturated carbocycles. The molecule has 2 rings (SSSR count). The lowest BCUT2D eigenvalue weighted by Crippen LogP contribution is -2.19. The zero-order valence-corrected chi connectivity index (χ0v) is 11.7. The normalized spacial score (nSPS) is 11.4. The smallest absolute Gasteiger partial charge is 0.242 e. The highest BCUT2D eigenvalue weighted by atomic mass is 32.2. The van der Waals surface area contributed by atoms with Gasteiger partial charge in [-0.25, -0.2) is 21.9 Å². The van der Waals surface area contributed by atoms with Gasteiger partial charge in [-0.1, -0.05) is 0 Å². The van der Waals surface area contributed by atoms with Crippen LogP contribution in [0.15, 0.2) is 41.3 Å². The molecule has 0 saturated heterocycles. The van der Waals surface area contributed by atoms with Gasteiger partial charge in [-0.2, -0.15) is 0 Å². The van der Waals surface area contributed by atoms with Crippen molar-refractivity contribution >= 4 is 15.7 Å². The average molecular weight is 314 g/mol. The summed E-state index contributed by atoms with van der Waals surface area (Å²) in [6, 6.07) is 6.95. The van der Waals surface area contributed by atoms with Crippen LogP contribution in [0.1, 0.15) is 0 Å². The summed E-state index contributed by atoms with van der Waals surface area (Å²) in [6.45, 7) is 0. The largest absolute Gasteiger partial charge is 0.457 e. The number of nitrogens with one attached hydrogen (secondary N) is 1. The first-order valence-electron chi connectivity index (χ1n) is 5.79. The van der Waals surface area contributed by atoms with Crippen molar-refractivity contribution in [2.75, 3.05) is 12.8 Å². The molecule has 2 aromatic carbocycles. The number of halogens is 2. The zero-order chi connectivity index (χ0) is 15.6. The van der Waals surface area contributed by atoms with Crippen molar-refractivity contribution in [3.8, 4) is 11.5 Å². The highest BCUT2D eigenvalue weighted by molar-refractivity contribution is 7.89. The number of rotatable bonds is 4. The van der Waals surface area contributed by atoms with Crippen LogP contribution in [-0.2, 0) is 10.0 Å². The Labute approximate surface area is 120 Å². The molecule has 0 atom stereocenters. The van der Waals surface area contributed by atoms with E-state index in [-0.39, 0.29) is 22.1 Å². The van der Waals surface area contributed by atoms with E-state index in [0.29, 0.717) is 0 Å². The van der Waals surface area contributed by atoms with E-state index in [1.54, 1.807) is 0 Å². The van der Waals surface area contributed by atoms with Gasteiger partial charge >= 0.3 is 0 Å². The van der Waals surface area contributed by atoms with Crippen LogP contribution < -0.4 is 15.2 Å². The molecule has 5 nitrogen and oxygen atoms in total. The van der Waals surface area contributed by atoms with Crippen LogP contribution >= 0.6 is 0 Å². The second-order valence-electron chi connectivity index (χ2n) is 4.09. The monoisotopic (exact) mass is 314 g/mol. The Morgan fingerprint density at radius 2 is 1.67 bits per heavy atom. The van der Waals surface area contributed by atoms with Crippen molar-refractivity contribution in [2.45, 2.75) is 4.90 Å². The van der Waals surface area contributed by atoms with Gasteiger partial charge in [-0.15, -0.1) is 0 Å². The predicted molar refractivity (Wildman–Crippen MR) is 73.5 cm³/mol. The van der Waals surface area contributed by atoms with Gasteiger partial charge in [0.15, 0.2) is 11.6 Å². The Balaban J connectivity index is 2.30. The average Bonchev–Trinajstić information content (AvgIpc) is 2.43. The summed E-state index contributed by atoms with van der Waals surface area (Å²) in [7, 11) is -2.41. The number of hydrogen-bond acceptors (Lipinski definition) is 4. The molecule has 8 heteroatoms. The van der Waals surface area contributed by atoms with Crippen LogP contribution in [0, 0.1) is 11.6 Å². The van der Waals surface area contributed by atoms with Gasteiger partial charge in [-0.05, 0) is 31.3 Å². The first-order chi connectivity index (χ1) is 9.83. The van der Waals surface area contributed by atoms with Gasteiger partial charge in [0.1, 0.15) is 16.4 Å². The Morgan fingerprint density at radius 3 is 2.24 bits per heavy atom. The molecular formula is C13H12F2N2O3S. The maximum atomic E-state index is 13.1. The molecular weight excluding hydrogens is 302 g/mol. The summed E-state index contributed by atoms with van der Waals surface area (Å²) in [4.78, 5) is -0.0948. The van der Waals surface area contributed by atoms with E-state index >= 15 is 0 Å². The number of hydrogen-bond donors (Lipinski definition) is 2. The van der Waals surface area contributed by atoms with Gasteiger partial charge in [0.2, 0.25) is 10.0 Å². The highest BCUT2D eigenvalue weighted by Gasteiger charge is 2.16. The topological polar surface area (TPSA) is 81.4 Å². The number of sulfonamides is 1. The van der Waals surface area contributed by atoms with Gasteiger partial charge in [0.25, 0.3) is 0 Å². The molecule has 2 aromatic rings. The molecule has 0 heterocycles. The Bertz CT molecular complexity index is 779. The SMILES string of the molecule is CNS(=O)(=O)c1ccc(Oc2ccc(F)c(F)c2)cc1N. The van der Waals surface area contributed by atoms with Crippen LogP contribution in [0.4, 0.5) is 14.5 Å².